The number of fused-ring (bicyclic) bond motifs is 1. The van der Waals surface area contributed by atoms with E-state index in [0.29, 0.717) is 60.9 Å². The minimum absolute atomic E-state index is 0.0415. The number of methoxy groups -OCH3 is 1. The van der Waals surface area contributed by atoms with E-state index >= 15 is 0 Å². The van der Waals surface area contributed by atoms with E-state index in [-0.39, 0.29) is 23.8 Å². The zero-order valence-corrected chi connectivity index (χ0v) is 19.7. The monoisotopic (exact) mass is 478 g/mol. The zero-order chi connectivity index (χ0) is 23.4. The zero-order valence-electron chi connectivity index (χ0n) is 18.9. The molecule has 1 atom stereocenters. The molecule has 2 fully saturated rings. The second-order valence-electron chi connectivity index (χ2n) is 8.76. The van der Waals surface area contributed by atoms with Crippen molar-refractivity contribution >= 4 is 30.7 Å². The Hall–Kier alpha value is -2.13. The second-order valence-corrected chi connectivity index (χ2v) is 9.95. The molecule has 0 saturated carbocycles. The molecule has 4 heterocycles. The van der Waals surface area contributed by atoms with Crippen molar-refractivity contribution in [3.8, 4) is 5.88 Å². The summed E-state index contributed by atoms with van der Waals surface area (Å²) < 4.78 is 12.0. The van der Waals surface area contributed by atoms with Crippen LogP contribution in [0.4, 0.5) is 5.82 Å². The number of piperidine rings is 1. The first-order valence-corrected chi connectivity index (χ1v) is 12.8. The number of hydrogen-bond acceptors (Lipinski definition) is 9. The highest BCUT2D eigenvalue weighted by Gasteiger charge is 2.26. The van der Waals surface area contributed by atoms with Crippen molar-refractivity contribution in [2.24, 2.45) is 11.8 Å². The molecule has 0 aromatic carbocycles. The van der Waals surface area contributed by atoms with E-state index < -0.39 is 8.38 Å². The third-order valence-corrected chi connectivity index (χ3v) is 7.23. The van der Waals surface area contributed by atoms with Crippen LogP contribution in [0, 0.1) is 11.8 Å². The summed E-state index contributed by atoms with van der Waals surface area (Å²) in [5.74, 6) is 1.12. The van der Waals surface area contributed by atoms with Crippen LogP contribution in [0.15, 0.2) is 17.1 Å². The van der Waals surface area contributed by atoms with Gasteiger partial charge < -0.3 is 24.2 Å². The Labute approximate surface area is 193 Å². The molecule has 2 aliphatic rings. The lowest BCUT2D eigenvalue weighted by Crippen LogP contribution is -2.37. The molecule has 2 aliphatic heterocycles. The maximum atomic E-state index is 13.4. The van der Waals surface area contributed by atoms with Gasteiger partial charge in [-0.1, -0.05) is 0 Å². The predicted octanol–water partition coefficient (Wildman–Crippen LogP) is 1.70. The lowest BCUT2D eigenvalue weighted by molar-refractivity contribution is -0.127. The number of aromatic nitrogens is 3. The van der Waals surface area contributed by atoms with Gasteiger partial charge in [0, 0.05) is 43.2 Å². The smallest absolute Gasteiger partial charge is 0.278 e. The van der Waals surface area contributed by atoms with Gasteiger partial charge in [0.05, 0.1) is 25.3 Å². The van der Waals surface area contributed by atoms with Crippen LogP contribution < -0.4 is 15.2 Å². The lowest BCUT2D eigenvalue weighted by Gasteiger charge is -2.33. The van der Waals surface area contributed by atoms with Crippen LogP contribution in [0.2, 0.25) is 0 Å². The van der Waals surface area contributed by atoms with Crippen molar-refractivity contribution in [3.63, 3.8) is 0 Å². The predicted molar refractivity (Wildman–Crippen MR) is 125 cm³/mol. The number of nitrogens with zero attached hydrogens (tertiary/aromatic N) is 4. The first kappa shape index (κ1) is 24.0. The molecule has 0 spiro atoms. The van der Waals surface area contributed by atoms with Crippen LogP contribution in [-0.4, -0.2) is 69.9 Å². The van der Waals surface area contributed by atoms with Crippen LogP contribution in [0.3, 0.4) is 0 Å². The van der Waals surface area contributed by atoms with Crippen LogP contribution in [0.1, 0.15) is 32.1 Å². The molecule has 2 aromatic rings. The number of carbonyl (C=O) groups excluding carboxylic acids is 1. The van der Waals surface area contributed by atoms with E-state index in [1.165, 1.54) is 11.8 Å². The Kier molecular flexibility index (Phi) is 7.90. The largest absolute Gasteiger partial charge is 0.481 e. The van der Waals surface area contributed by atoms with E-state index in [1.807, 2.05) is 0 Å². The number of ketones is 1. The molecule has 10 nitrogen and oxygen atoms in total. The van der Waals surface area contributed by atoms with Crippen LogP contribution in [-0.2, 0) is 16.1 Å². The average Bonchev–Trinajstić information content (AvgIpc) is 2.84. The fraction of sp³-hybridized carbons (Fsp3) is 0.636. The first-order chi connectivity index (χ1) is 16.0. The summed E-state index contributed by atoms with van der Waals surface area (Å²) >= 11 is 0. The molecule has 1 unspecified atom stereocenters. The summed E-state index contributed by atoms with van der Waals surface area (Å²) in [5.41, 5.74) is -0.337. The highest BCUT2D eigenvalue weighted by molar-refractivity contribution is 7.45. The summed E-state index contributed by atoms with van der Waals surface area (Å²) in [6.45, 7) is 2.40. The third kappa shape index (κ3) is 5.69. The Balaban J connectivity index is 1.59. The summed E-state index contributed by atoms with van der Waals surface area (Å²) in [6.07, 6.45) is 6.17. The maximum Gasteiger partial charge on any atom is 0.278 e. The van der Waals surface area contributed by atoms with E-state index in [2.05, 4.69) is 15.0 Å². The quantitative estimate of drug-likeness (QED) is 0.545. The van der Waals surface area contributed by atoms with Gasteiger partial charge in [-0.05, 0) is 38.0 Å². The van der Waals surface area contributed by atoms with E-state index in [4.69, 9.17) is 9.47 Å². The van der Waals surface area contributed by atoms with Gasteiger partial charge in [-0.25, -0.2) is 4.68 Å². The Morgan fingerprint density at radius 2 is 2.09 bits per heavy atom. The first-order valence-electron chi connectivity index (χ1n) is 11.4. The van der Waals surface area contributed by atoms with Crippen molar-refractivity contribution in [3.05, 3.63) is 22.6 Å². The van der Waals surface area contributed by atoms with Crippen molar-refractivity contribution in [1.29, 1.82) is 0 Å². The molecule has 11 heteroatoms. The SMILES string of the molecule is COc1cc2cnn(CC(=O)C3CCCOC3)c(=O)c2c(N2CCC(CCP(O)O)CC2)n1. The van der Waals surface area contributed by atoms with E-state index in [9.17, 15) is 19.4 Å². The van der Waals surface area contributed by atoms with Gasteiger partial charge in [0.1, 0.15) is 12.4 Å². The summed E-state index contributed by atoms with van der Waals surface area (Å²) in [7, 11) is -0.326. The van der Waals surface area contributed by atoms with Gasteiger partial charge in [-0.3, -0.25) is 9.59 Å². The van der Waals surface area contributed by atoms with Crippen molar-refractivity contribution in [1.82, 2.24) is 14.8 Å². The fourth-order valence-electron chi connectivity index (χ4n) is 4.61. The summed E-state index contributed by atoms with van der Waals surface area (Å²) in [6, 6.07) is 1.69. The molecule has 2 saturated heterocycles. The van der Waals surface area contributed by atoms with Gasteiger partial charge in [-0.15, -0.1) is 0 Å². The number of rotatable bonds is 8. The van der Waals surface area contributed by atoms with Crippen LogP contribution in [0.5, 0.6) is 5.88 Å². The normalized spacial score (nSPS) is 19.9. The van der Waals surface area contributed by atoms with Gasteiger partial charge in [0.2, 0.25) is 5.88 Å². The van der Waals surface area contributed by atoms with Crippen molar-refractivity contribution < 1.29 is 24.1 Å². The Morgan fingerprint density at radius 1 is 1.30 bits per heavy atom. The van der Waals surface area contributed by atoms with Gasteiger partial charge in [-0.2, -0.15) is 10.1 Å². The van der Waals surface area contributed by atoms with Crippen molar-refractivity contribution in [2.75, 3.05) is 44.5 Å². The molecule has 0 aliphatic carbocycles. The minimum Gasteiger partial charge on any atom is -0.481 e. The minimum atomic E-state index is -1.86. The number of Topliss-reactive ketones (excluding diaryl/α,β-unsaturated/α-hetero) is 1. The van der Waals surface area contributed by atoms with Gasteiger partial charge >= 0.3 is 0 Å². The molecule has 2 N–H and O–H groups in total. The third-order valence-electron chi connectivity index (χ3n) is 6.57. The standard InChI is InChI=1S/C22H31N4O6P/c1-31-19-11-17-12-23-26(13-18(27)16-3-2-9-32-14-16)22(28)20(17)21(24-19)25-7-4-15(5-8-25)6-10-33(29)30/h11-12,15-16,29-30H,2-10,13-14H2,1H3. The topological polar surface area (TPSA) is 127 Å². The molecule has 180 valence electrons. The Bertz CT molecular complexity index is 1030. The molecule has 0 bridgehead atoms. The Morgan fingerprint density at radius 3 is 2.76 bits per heavy atom. The van der Waals surface area contributed by atoms with Gasteiger partial charge in [0.15, 0.2) is 14.2 Å². The highest BCUT2D eigenvalue weighted by Crippen LogP contribution is 2.33. The van der Waals surface area contributed by atoms with Gasteiger partial charge in [0.25, 0.3) is 5.56 Å². The maximum absolute atomic E-state index is 13.4. The van der Waals surface area contributed by atoms with Crippen LogP contribution >= 0.6 is 8.38 Å². The number of anilines is 1. The molecular weight excluding hydrogens is 447 g/mol. The number of pyridine rings is 1. The molecular formula is C22H31N4O6P. The molecule has 2 aromatic heterocycles. The second kappa shape index (κ2) is 10.9. The number of carbonyl (C=O) groups is 1. The highest BCUT2D eigenvalue weighted by atomic mass is 31.2. The van der Waals surface area contributed by atoms with E-state index in [0.717, 1.165) is 32.1 Å². The summed E-state index contributed by atoms with van der Waals surface area (Å²) in [5, 5.41) is 5.31. The summed E-state index contributed by atoms with van der Waals surface area (Å²) in [4.78, 5) is 51.2. The molecule has 0 radical (unpaired) electrons. The fourth-order valence-corrected chi connectivity index (χ4v) is 5.21. The molecule has 4 rings (SSSR count). The number of ether oxygens (including phenoxy) is 2. The average molecular weight is 478 g/mol. The number of hydrogen-bond donors (Lipinski definition) is 2. The molecule has 0 amide bonds. The van der Waals surface area contributed by atoms with Crippen molar-refractivity contribution in [2.45, 2.75) is 38.6 Å². The lowest BCUT2D eigenvalue weighted by atomic mass is 9.94. The molecule has 33 heavy (non-hydrogen) atoms. The van der Waals surface area contributed by atoms with Crippen LogP contribution in [0.25, 0.3) is 10.8 Å². The van der Waals surface area contributed by atoms with E-state index in [1.54, 1.807) is 12.3 Å².